The van der Waals surface area contributed by atoms with Crippen LogP contribution in [0.5, 0.6) is 0 Å². The third-order valence-electron chi connectivity index (χ3n) is 4.05. The summed E-state index contributed by atoms with van der Waals surface area (Å²) < 4.78 is 0. The van der Waals surface area contributed by atoms with Gasteiger partial charge in [0.1, 0.15) is 5.82 Å². The zero-order valence-electron chi connectivity index (χ0n) is 12.4. The Morgan fingerprint density at radius 1 is 1.32 bits per heavy atom. The molecule has 0 aromatic carbocycles. The van der Waals surface area contributed by atoms with E-state index in [0.29, 0.717) is 0 Å². The number of hydrogen-bond donors (Lipinski definition) is 1. The van der Waals surface area contributed by atoms with E-state index in [0.717, 1.165) is 37.9 Å². The SMILES string of the molecule is CCCNc1ncccc1CN(CC)C1CCCC1. The second-order valence-electron chi connectivity index (χ2n) is 5.44. The molecule has 3 nitrogen and oxygen atoms in total. The molecule has 0 aliphatic heterocycles. The van der Waals surface area contributed by atoms with Crippen LogP contribution in [0.2, 0.25) is 0 Å². The smallest absolute Gasteiger partial charge is 0.130 e. The van der Waals surface area contributed by atoms with Crippen molar-refractivity contribution >= 4 is 5.82 Å². The van der Waals surface area contributed by atoms with Gasteiger partial charge in [-0.2, -0.15) is 0 Å². The van der Waals surface area contributed by atoms with E-state index in [1.165, 1.54) is 31.2 Å². The third-order valence-corrected chi connectivity index (χ3v) is 4.05. The first-order chi connectivity index (χ1) is 9.35. The molecule has 0 amide bonds. The summed E-state index contributed by atoms with van der Waals surface area (Å²) in [7, 11) is 0. The van der Waals surface area contributed by atoms with Crippen LogP contribution in [-0.4, -0.2) is 29.0 Å². The summed E-state index contributed by atoms with van der Waals surface area (Å²) in [5.74, 6) is 1.07. The fourth-order valence-electron chi connectivity index (χ4n) is 2.96. The number of aromatic nitrogens is 1. The van der Waals surface area contributed by atoms with Crippen LogP contribution in [0, 0.1) is 0 Å². The maximum atomic E-state index is 4.49. The van der Waals surface area contributed by atoms with E-state index >= 15 is 0 Å². The highest BCUT2D eigenvalue weighted by molar-refractivity contribution is 5.43. The van der Waals surface area contributed by atoms with Crippen LogP contribution in [0.15, 0.2) is 18.3 Å². The molecule has 0 atom stereocenters. The topological polar surface area (TPSA) is 28.2 Å². The first-order valence-corrected chi connectivity index (χ1v) is 7.77. The monoisotopic (exact) mass is 261 g/mol. The lowest BCUT2D eigenvalue weighted by Gasteiger charge is -2.28. The Kier molecular flexibility index (Phi) is 5.64. The second kappa shape index (κ2) is 7.49. The van der Waals surface area contributed by atoms with Gasteiger partial charge in [-0.3, -0.25) is 4.90 Å². The van der Waals surface area contributed by atoms with Crippen LogP contribution in [0.4, 0.5) is 5.82 Å². The Balaban J connectivity index is 2.03. The molecule has 1 N–H and O–H groups in total. The Morgan fingerprint density at radius 2 is 2.11 bits per heavy atom. The maximum absolute atomic E-state index is 4.49. The molecule has 0 radical (unpaired) electrons. The standard InChI is InChI=1S/C16H27N3/c1-3-11-17-16-14(8-7-12-18-16)13-19(4-2)15-9-5-6-10-15/h7-8,12,15H,3-6,9-11,13H2,1-2H3,(H,17,18). The highest BCUT2D eigenvalue weighted by Crippen LogP contribution is 2.25. The first-order valence-electron chi connectivity index (χ1n) is 7.77. The van der Waals surface area contributed by atoms with E-state index in [4.69, 9.17) is 0 Å². The number of pyridine rings is 1. The van der Waals surface area contributed by atoms with Gasteiger partial charge in [-0.05, 0) is 31.9 Å². The van der Waals surface area contributed by atoms with Gasteiger partial charge in [0.25, 0.3) is 0 Å². The number of anilines is 1. The molecule has 1 aromatic rings. The Bertz CT molecular complexity index is 372. The summed E-state index contributed by atoms with van der Waals surface area (Å²) in [4.78, 5) is 7.10. The van der Waals surface area contributed by atoms with E-state index in [-0.39, 0.29) is 0 Å². The van der Waals surface area contributed by atoms with Gasteiger partial charge in [-0.15, -0.1) is 0 Å². The molecule has 0 unspecified atom stereocenters. The van der Waals surface area contributed by atoms with Crippen molar-refractivity contribution < 1.29 is 0 Å². The van der Waals surface area contributed by atoms with Gasteiger partial charge in [-0.1, -0.05) is 32.8 Å². The first kappa shape index (κ1) is 14.3. The molecule has 2 rings (SSSR count). The Labute approximate surface area is 117 Å². The average Bonchev–Trinajstić information content (AvgIpc) is 2.97. The molecule has 3 heteroatoms. The van der Waals surface area contributed by atoms with Gasteiger partial charge in [0.15, 0.2) is 0 Å². The molecule has 1 aliphatic carbocycles. The van der Waals surface area contributed by atoms with Crippen molar-refractivity contribution in [1.82, 2.24) is 9.88 Å². The van der Waals surface area contributed by atoms with Crippen molar-refractivity contribution in [1.29, 1.82) is 0 Å². The average molecular weight is 261 g/mol. The van der Waals surface area contributed by atoms with Crippen LogP contribution in [-0.2, 0) is 6.54 Å². The van der Waals surface area contributed by atoms with E-state index in [2.05, 4.69) is 41.2 Å². The molecule has 1 saturated carbocycles. The molecule has 1 fully saturated rings. The molecule has 0 saturated heterocycles. The number of nitrogens with one attached hydrogen (secondary N) is 1. The van der Waals surface area contributed by atoms with E-state index in [9.17, 15) is 0 Å². The molecule has 0 spiro atoms. The Hall–Kier alpha value is -1.09. The summed E-state index contributed by atoms with van der Waals surface area (Å²) >= 11 is 0. The van der Waals surface area contributed by atoms with E-state index in [1.807, 2.05) is 6.20 Å². The zero-order chi connectivity index (χ0) is 13.5. The number of rotatable bonds is 7. The lowest BCUT2D eigenvalue weighted by atomic mass is 10.1. The number of hydrogen-bond acceptors (Lipinski definition) is 3. The summed E-state index contributed by atoms with van der Waals surface area (Å²) in [6.07, 6.45) is 8.55. The minimum atomic E-state index is 0.782. The predicted molar refractivity (Wildman–Crippen MR) is 81.4 cm³/mol. The van der Waals surface area contributed by atoms with Crippen LogP contribution in [0.25, 0.3) is 0 Å². The lowest BCUT2D eigenvalue weighted by Crippen LogP contribution is -2.32. The molecule has 1 aliphatic rings. The fourth-order valence-corrected chi connectivity index (χ4v) is 2.96. The molecule has 106 valence electrons. The van der Waals surface area contributed by atoms with Crippen molar-refractivity contribution in [2.45, 2.75) is 58.5 Å². The van der Waals surface area contributed by atoms with Crippen molar-refractivity contribution in [3.8, 4) is 0 Å². The summed E-state index contributed by atoms with van der Waals surface area (Å²) in [5.41, 5.74) is 1.34. The van der Waals surface area contributed by atoms with Crippen LogP contribution in [0.1, 0.15) is 51.5 Å². The lowest BCUT2D eigenvalue weighted by molar-refractivity contribution is 0.200. The van der Waals surface area contributed by atoms with Crippen molar-refractivity contribution in [2.24, 2.45) is 0 Å². The summed E-state index contributed by atoms with van der Waals surface area (Å²) in [6, 6.07) is 5.04. The molecule has 1 aromatic heterocycles. The van der Waals surface area contributed by atoms with E-state index in [1.54, 1.807) is 0 Å². The molecular weight excluding hydrogens is 234 g/mol. The molecule has 0 bridgehead atoms. The Morgan fingerprint density at radius 3 is 2.79 bits per heavy atom. The van der Waals surface area contributed by atoms with Crippen molar-refractivity contribution in [3.63, 3.8) is 0 Å². The highest BCUT2D eigenvalue weighted by Gasteiger charge is 2.22. The predicted octanol–water partition coefficient (Wildman–Crippen LogP) is 3.67. The van der Waals surface area contributed by atoms with Gasteiger partial charge < -0.3 is 5.32 Å². The van der Waals surface area contributed by atoms with Crippen LogP contribution >= 0.6 is 0 Å². The largest absolute Gasteiger partial charge is 0.370 e. The van der Waals surface area contributed by atoms with Gasteiger partial charge in [0.2, 0.25) is 0 Å². The van der Waals surface area contributed by atoms with Gasteiger partial charge >= 0.3 is 0 Å². The number of nitrogens with zero attached hydrogens (tertiary/aromatic N) is 2. The van der Waals surface area contributed by atoms with Crippen LogP contribution < -0.4 is 5.32 Å². The normalized spacial score (nSPS) is 16.2. The highest BCUT2D eigenvalue weighted by atomic mass is 15.2. The summed E-state index contributed by atoms with van der Waals surface area (Å²) in [6.45, 7) is 7.62. The van der Waals surface area contributed by atoms with Gasteiger partial charge in [-0.25, -0.2) is 4.98 Å². The third kappa shape index (κ3) is 3.93. The van der Waals surface area contributed by atoms with Gasteiger partial charge in [0.05, 0.1) is 0 Å². The van der Waals surface area contributed by atoms with Crippen molar-refractivity contribution in [2.75, 3.05) is 18.4 Å². The second-order valence-corrected chi connectivity index (χ2v) is 5.44. The summed E-state index contributed by atoms with van der Waals surface area (Å²) in [5, 5.41) is 3.45. The molecular formula is C16H27N3. The molecule has 19 heavy (non-hydrogen) atoms. The van der Waals surface area contributed by atoms with E-state index < -0.39 is 0 Å². The quantitative estimate of drug-likeness (QED) is 0.811. The minimum absolute atomic E-state index is 0.782. The fraction of sp³-hybridized carbons (Fsp3) is 0.688. The molecule has 1 heterocycles. The van der Waals surface area contributed by atoms with Crippen LogP contribution in [0.3, 0.4) is 0 Å². The maximum Gasteiger partial charge on any atom is 0.130 e. The zero-order valence-corrected chi connectivity index (χ0v) is 12.4. The minimum Gasteiger partial charge on any atom is -0.370 e. The van der Waals surface area contributed by atoms with Gasteiger partial charge in [0, 0.05) is 30.9 Å². The van der Waals surface area contributed by atoms with Crippen molar-refractivity contribution in [3.05, 3.63) is 23.9 Å².